The summed E-state index contributed by atoms with van der Waals surface area (Å²) in [7, 11) is 0. The Morgan fingerprint density at radius 2 is 1.79 bits per heavy atom. The van der Waals surface area contributed by atoms with Gasteiger partial charge in [0.15, 0.2) is 5.82 Å². The standard InChI is InChI=1S/C15H13N3O/c19-15-13(10-11-6-2-1-3-7-11)17-14(18-15)12-8-4-5-9-16-12/h1-9,19H,10H2,(H,17,18). The lowest BCUT2D eigenvalue weighted by atomic mass is 10.1. The molecule has 19 heavy (non-hydrogen) atoms. The Morgan fingerprint density at radius 1 is 1.00 bits per heavy atom. The van der Waals surface area contributed by atoms with E-state index in [0.29, 0.717) is 17.9 Å². The number of imidazole rings is 1. The molecule has 0 atom stereocenters. The molecule has 94 valence electrons. The Labute approximate surface area is 110 Å². The summed E-state index contributed by atoms with van der Waals surface area (Å²) in [6.45, 7) is 0. The van der Waals surface area contributed by atoms with Crippen LogP contribution in [0.5, 0.6) is 5.88 Å². The van der Waals surface area contributed by atoms with Crippen molar-refractivity contribution < 1.29 is 5.11 Å². The van der Waals surface area contributed by atoms with Gasteiger partial charge in [-0.2, -0.15) is 4.98 Å². The van der Waals surface area contributed by atoms with Crippen molar-refractivity contribution in [3.05, 3.63) is 66.0 Å². The summed E-state index contributed by atoms with van der Waals surface area (Å²) >= 11 is 0. The van der Waals surface area contributed by atoms with E-state index in [4.69, 9.17) is 0 Å². The molecule has 0 saturated carbocycles. The van der Waals surface area contributed by atoms with Crippen LogP contribution < -0.4 is 0 Å². The lowest BCUT2D eigenvalue weighted by molar-refractivity contribution is 0.451. The molecular weight excluding hydrogens is 238 g/mol. The first-order chi connectivity index (χ1) is 9.33. The lowest BCUT2D eigenvalue weighted by Crippen LogP contribution is -1.89. The fourth-order valence-corrected chi connectivity index (χ4v) is 1.95. The minimum atomic E-state index is 0.0320. The molecule has 0 aliphatic carbocycles. The summed E-state index contributed by atoms with van der Waals surface area (Å²) in [5.41, 5.74) is 2.54. The average molecular weight is 251 g/mol. The number of rotatable bonds is 3. The van der Waals surface area contributed by atoms with Crippen LogP contribution in [0.3, 0.4) is 0 Å². The lowest BCUT2D eigenvalue weighted by Gasteiger charge is -1.98. The Kier molecular flexibility index (Phi) is 2.98. The number of aromatic amines is 1. The third-order valence-corrected chi connectivity index (χ3v) is 2.89. The van der Waals surface area contributed by atoms with Gasteiger partial charge in [-0.05, 0) is 17.7 Å². The van der Waals surface area contributed by atoms with E-state index in [0.717, 1.165) is 11.3 Å². The van der Waals surface area contributed by atoms with Crippen molar-refractivity contribution in [1.29, 1.82) is 0 Å². The molecule has 4 nitrogen and oxygen atoms in total. The molecule has 0 bridgehead atoms. The van der Waals surface area contributed by atoms with E-state index in [-0.39, 0.29) is 5.88 Å². The van der Waals surface area contributed by atoms with Gasteiger partial charge in [-0.15, -0.1) is 0 Å². The zero-order valence-corrected chi connectivity index (χ0v) is 10.2. The van der Waals surface area contributed by atoms with E-state index < -0.39 is 0 Å². The highest BCUT2D eigenvalue weighted by molar-refractivity contribution is 5.51. The number of aromatic hydroxyl groups is 1. The van der Waals surface area contributed by atoms with Crippen LogP contribution in [0.15, 0.2) is 54.7 Å². The van der Waals surface area contributed by atoms with Crippen LogP contribution in [0.2, 0.25) is 0 Å². The van der Waals surface area contributed by atoms with Crippen molar-refractivity contribution in [2.75, 3.05) is 0 Å². The zero-order chi connectivity index (χ0) is 13.1. The number of H-pyrrole nitrogens is 1. The van der Waals surface area contributed by atoms with Crippen molar-refractivity contribution in [3.8, 4) is 17.4 Å². The molecule has 1 aromatic carbocycles. The largest absolute Gasteiger partial charge is 0.492 e. The van der Waals surface area contributed by atoms with Crippen molar-refractivity contribution in [3.63, 3.8) is 0 Å². The van der Waals surface area contributed by atoms with E-state index in [2.05, 4.69) is 15.0 Å². The molecule has 0 saturated heterocycles. The van der Waals surface area contributed by atoms with Gasteiger partial charge in [0.1, 0.15) is 5.69 Å². The van der Waals surface area contributed by atoms with E-state index in [1.807, 2.05) is 48.5 Å². The Balaban J connectivity index is 1.90. The van der Waals surface area contributed by atoms with Gasteiger partial charge in [0.25, 0.3) is 0 Å². The molecular formula is C15H13N3O. The first-order valence-electron chi connectivity index (χ1n) is 6.06. The molecule has 3 aromatic rings. The van der Waals surface area contributed by atoms with E-state index in [1.165, 1.54) is 0 Å². The number of hydrogen-bond donors (Lipinski definition) is 2. The summed E-state index contributed by atoms with van der Waals surface area (Å²) < 4.78 is 0. The predicted octanol–water partition coefficient (Wildman–Crippen LogP) is 2.77. The minimum Gasteiger partial charge on any atom is -0.492 e. The SMILES string of the molecule is Oc1nc(-c2ccccn2)[nH]c1Cc1ccccc1. The second-order valence-electron chi connectivity index (χ2n) is 4.26. The second-order valence-corrected chi connectivity index (χ2v) is 4.26. The Hall–Kier alpha value is -2.62. The first kappa shape index (κ1) is 11.5. The number of hydrogen-bond acceptors (Lipinski definition) is 3. The summed E-state index contributed by atoms with van der Waals surface area (Å²) in [4.78, 5) is 11.4. The van der Waals surface area contributed by atoms with Gasteiger partial charge < -0.3 is 10.1 Å². The zero-order valence-electron chi connectivity index (χ0n) is 10.2. The molecule has 2 heterocycles. The van der Waals surface area contributed by atoms with Crippen LogP contribution >= 0.6 is 0 Å². The third kappa shape index (κ3) is 2.47. The summed E-state index contributed by atoms with van der Waals surface area (Å²) in [5.74, 6) is 0.619. The number of nitrogens with zero attached hydrogens (tertiary/aromatic N) is 2. The van der Waals surface area contributed by atoms with Crippen LogP contribution in [0.25, 0.3) is 11.5 Å². The van der Waals surface area contributed by atoms with Gasteiger partial charge in [-0.3, -0.25) is 4.98 Å². The van der Waals surface area contributed by atoms with E-state index in [1.54, 1.807) is 6.20 Å². The van der Waals surface area contributed by atoms with Gasteiger partial charge in [0.2, 0.25) is 5.88 Å². The molecule has 2 aromatic heterocycles. The van der Waals surface area contributed by atoms with Crippen LogP contribution in [0, 0.1) is 0 Å². The molecule has 0 spiro atoms. The second kappa shape index (κ2) is 4.94. The predicted molar refractivity (Wildman–Crippen MR) is 72.7 cm³/mol. The molecule has 0 fully saturated rings. The fraction of sp³-hybridized carbons (Fsp3) is 0.0667. The molecule has 4 heteroatoms. The molecule has 0 aliphatic heterocycles. The van der Waals surface area contributed by atoms with Crippen LogP contribution in [0.4, 0.5) is 0 Å². The number of aromatic nitrogens is 3. The number of benzene rings is 1. The summed E-state index contributed by atoms with van der Waals surface area (Å²) in [5, 5.41) is 9.88. The highest BCUT2D eigenvalue weighted by atomic mass is 16.3. The topological polar surface area (TPSA) is 61.8 Å². The number of pyridine rings is 1. The van der Waals surface area contributed by atoms with E-state index >= 15 is 0 Å². The van der Waals surface area contributed by atoms with Gasteiger partial charge >= 0.3 is 0 Å². The molecule has 0 unspecified atom stereocenters. The van der Waals surface area contributed by atoms with Crippen LogP contribution in [0.1, 0.15) is 11.3 Å². The van der Waals surface area contributed by atoms with Crippen LogP contribution in [-0.2, 0) is 6.42 Å². The Bertz CT molecular complexity index is 662. The molecule has 0 radical (unpaired) electrons. The number of nitrogens with one attached hydrogen (secondary N) is 1. The van der Waals surface area contributed by atoms with E-state index in [9.17, 15) is 5.11 Å². The highest BCUT2D eigenvalue weighted by Crippen LogP contribution is 2.22. The monoisotopic (exact) mass is 251 g/mol. The normalized spacial score (nSPS) is 10.5. The average Bonchev–Trinajstić information content (AvgIpc) is 2.82. The maximum atomic E-state index is 9.88. The Morgan fingerprint density at radius 3 is 2.53 bits per heavy atom. The van der Waals surface area contributed by atoms with Crippen molar-refractivity contribution in [2.45, 2.75) is 6.42 Å². The van der Waals surface area contributed by atoms with Gasteiger partial charge in [-0.25, -0.2) is 0 Å². The van der Waals surface area contributed by atoms with Gasteiger partial charge in [0.05, 0.1) is 5.69 Å². The molecule has 3 rings (SSSR count). The molecule has 0 aliphatic rings. The van der Waals surface area contributed by atoms with Gasteiger partial charge in [-0.1, -0.05) is 36.4 Å². The third-order valence-electron chi connectivity index (χ3n) is 2.89. The van der Waals surface area contributed by atoms with Crippen molar-refractivity contribution in [1.82, 2.24) is 15.0 Å². The quantitative estimate of drug-likeness (QED) is 0.752. The molecule has 0 amide bonds. The maximum Gasteiger partial charge on any atom is 0.233 e. The fourth-order valence-electron chi connectivity index (χ4n) is 1.95. The van der Waals surface area contributed by atoms with Crippen molar-refractivity contribution in [2.24, 2.45) is 0 Å². The minimum absolute atomic E-state index is 0.0320. The summed E-state index contributed by atoms with van der Waals surface area (Å²) in [6.07, 6.45) is 2.32. The van der Waals surface area contributed by atoms with Gasteiger partial charge in [0, 0.05) is 12.6 Å². The smallest absolute Gasteiger partial charge is 0.233 e. The first-order valence-corrected chi connectivity index (χ1v) is 6.06. The summed E-state index contributed by atoms with van der Waals surface area (Å²) in [6, 6.07) is 15.5. The molecule has 2 N–H and O–H groups in total. The highest BCUT2D eigenvalue weighted by Gasteiger charge is 2.11. The van der Waals surface area contributed by atoms with Crippen molar-refractivity contribution >= 4 is 0 Å². The van der Waals surface area contributed by atoms with Crippen LogP contribution in [-0.4, -0.2) is 20.1 Å². The maximum absolute atomic E-state index is 9.88.